The fourth-order valence-electron chi connectivity index (χ4n) is 5.63. The van der Waals surface area contributed by atoms with E-state index in [1.165, 1.54) is 43.2 Å². The van der Waals surface area contributed by atoms with Crippen LogP contribution in [-0.4, -0.2) is 58.9 Å². The number of amides is 1. The zero-order valence-electron chi connectivity index (χ0n) is 22.1. The maximum atomic E-state index is 13.0. The monoisotopic (exact) mass is 496 g/mol. The summed E-state index contributed by atoms with van der Waals surface area (Å²) in [6, 6.07) is 10.2. The molecule has 7 heteroatoms. The molecule has 196 valence electrons. The van der Waals surface area contributed by atoms with E-state index in [0.29, 0.717) is 29.7 Å². The molecule has 0 spiro atoms. The van der Waals surface area contributed by atoms with Crippen LogP contribution in [0.3, 0.4) is 0 Å². The molecule has 0 saturated heterocycles. The molecule has 36 heavy (non-hydrogen) atoms. The van der Waals surface area contributed by atoms with E-state index in [1.807, 2.05) is 12.1 Å². The van der Waals surface area contributed by atoms with Crippen LogP contribution < -0.4 is 24.3 Å². The first-order valence-electron chi connectivity index (χ1n) is 13.0. The summed E-state index contributed by atoms with van der Waals surface area (Å²) in [5, 5.41) is 3.22. The SMILES string of the molecule is COc1ccc(C[C@H]2c3cc(OC)c(OC)cc3CCN2CC(=O)NCC2CCCCC2)cc1OC. The molecular formula is C29H40N2O5. The molecule has 1 saturated carbocycles. The van der Waals surface area contributed by atoms with E-state index in [4.69, 9.17) is 18.9 Å². The molecule has 1 aliphatic heterocycles. The Morgan fingerprint density at radius 2 is 1.56 bits per heavy atom. The first-order chi connectivity index (χ1) is 17.6. The minimum absolute atomic E-state index is 0.0205. The average Bonchev–Trinajstić information content (AvgIpc) is 2.92. The molecule has 7 nitrogen and oxygen atoms in total. The van der Waals surface area contributed by atoms with Gasteiger partial charge in [0.15, 0.2) is 23.0 Å². The van der Waals surface area contributed by atoms with E-state index in [1.54, 1.807) is 28.4 Å². The zero-order chi connectivity index (χ0) is 25.5. The van der Waals surface area contributed by atoms with Crippen molar-refractivity contribution in [3.8, 4) is 23.0 Å². The average molecular weight is 497 g/mol. The number of nitrogens with zero attached hydrogens (tertiary/aromatic N) is 1. The van der Waals surface area contributed by atoms with Crippen molar-refractivity contribution >= 4 is 5.91 Å². The molecule has 2 aromatic rings. The highest BCUT2D eigenvalue weighted by molar-refractivity contribution is 5.78. The number of benzene rings is 2. The Morgan fingerprint density at radius 1 is 0.889 bits per heavy atom. The maximum Gasteiger partial charge on any atom is 0.234 e. The molecule has 2 aliphatic rings. The molecule has 1 atom stereocenters. The topological polar surface area (TPSA) is 69.3 Å². The quantitative estimate of drug-likeness (QED) is 0.520. The van der Waals surface area contributed by atoms with E-state index in [2.05, 4.69) is 28.4 Å². The third-order valence-corrected chi connectivity index (χ3v) is 7.65. The number of carbonyl (C=O) groups excluding carboxylic acids is 1. The molecule has 0 bridgehead atoms. The Kier molecular flexibility index (Phi) is 8.97. The van der Waals surface area contributed by atoms with Crippen molar-refractivity contribution in [1.82, 2.24) is 10.2 Å². The van der Waals surface area contributed by atoms with Crippen molar-refractivity contribution in [2.75, 3.05) is 48.1 Å². The minimum atomic E-state index is 0.0205. The first kappa shape index (κ1) is 26.1. The van der Waals surface area contributed by atoms with Crippen LogP contribution in [0.1, 0.15) is 54.8 Å². The van der Waals surface area contributed by atoms with Gasteiger partial charge in [-0.1, -0.05) is 25.3 Å². The Bertz CT molecular complexity index is 1030. The Morgan fingerprint density at radius 3 is 2.25 bits per heavy atom. The van der Waals surface area contributed by atoms with Crippen molar-refractivity contribution in [2.45, 2.75) is 51.0 Å². The van der Waals surface area contributed by atoms with Crippen LogP contribution in [0, 0.1) is 5.92 Å². The van der Waals surface area contributed by atoms with Crippen LogP contribution in [0.4, 0.5) is 0 Å². The third-order valence-electron chi connectivity index (χ3n) is 7.65. The van der Waals surface area contributed by atoms with Crippen LogP contribution in [0.2, 0.25) is 0 Å². The summed E-state index contributed by atoms with van der Waals surface area (Å²) in [6.45, 7) is 1.96. The van der Waals surface area contributed by atoms with E-state index in [9.17, 15) is 4.79 Å². The Balaban J connectivity index is 1.57. The third kappa shape index (κ3) is 6.06. The number of ether oxygens (including phenoxy) is 4. The number of hydrogen-bond acceptors (Lipinski definition) is 6. The second kappa shape index (κ2) is 12.3. The number of rotatable bonds is 10. The van der Waals surface area contributed by atoms with Gasteiger partial charge in [-0.2, -0.15) is 0 Å². The summed E-state index contributed by atoms with van der Waals surface area (Å²) in [7, 11) is 6.61. The van der Waals surface area contributed by atoms with Crippen molar-refractivity contribution in [3.63, 3.8) is 0 Å². The maximum absolute atomic E-state index is 13.0. The van der Waals surface area contributed by atoms with Crippen molar-refractivity contribution < 1.29 is 23.7 Å². The number of carbonyl (C=O) groups is 1. The molecule has 0 radical (unpaired) electrons. The first-order valence-corrected chi connectivity index (χ1v) is 13.0. The second-order valence-corrected chi connectivity index (χ2v) is 9.84. The number of fused-ring (bicyclic) bond motifs is 1. The molecule has 1 amide bonds. The number of nitrogens with one attached hydrogen (secondary N) is 1. The van der Waals surface area contributed by atoms with Gasteiger partial charge in [-0.3, -0.25) is 9.69 Å². The van der Waals surface area contributed by atoms with Crippen LogP contribution in [0.25, 0.3) is 0 Å². The van der Waals surface area contributed by atoms with Crippen molar-refractivity contribution in [3.05, 3.63) is 47.0 Å². The molecule has 1 heterocycles. The van der Waals surface area contributed by atoms with Gasteiger partial charge in [0, 0.05) is 19.1 Å². The summed E-state index contributed by atoms with van der Waals surface area (Å²) in [5.74, 6) is 3.56. The van der Waals surface area contributed by atoms with E-state index >= 15 is 0 Å². The second-order valence-electron chi connectivity index (χ2n) is 9.84. The zero-order valence-corrected chi connectivity index (χ0v) is 22.1. The van der Waals surface area contributed by atoms with Gasteiger partial charge in [0.25, 0.3) is 0 Å². The normalized spacial score (nSPS) is 18.3. The predicted molar refractivity (Wildman–Crippen MR) is 140 cm³/mol. The molecule has 4 rings (SSSR count). The lowest BCUT2D eigenvalue weighted by molar-refractivity contribution is -0.123. The standard InChI is InChI=1S/C29H40N2O5/c1-33-25-11-10-21(15-26(25)34-2)14-24-23-17-28(36-4)27(35-3)16-22(23)12-13-31(24)19-29(32)30-18-20-8-6-5-7-9-20/h10-11,15-17,20,24H,5-9,12-14,18-19H2,1-4H3,(H,30,32)/t24-/m0/s1. The van der Waals surface area contributed by atoms with E-state index in [-0.39, 0.29) is 11.9 Å². The van der Waals surface area contributed by atoms with Crippen molar-refractivity contribution in [1.29, 1.82) is 0 Å². The van der Waals surface area contributed by atoms with Crippen molar-refractivity contribution in [2.24, 2.45) is 5.92 Å². The minimum Gasteiger partial charge on any atom is -0.493 e. The largest absolute Gasteiger partial charge is 0.493 e. The summed E-state index contributed by atoms with van der Waals surface area (Å²) in [4.78, 5) is 15.3. The smallest absolute Gasteiger partial charge is 0.234 e. The molecule has 2 aromatic carbocycles. The van der Waals surface area contributed by atoms with Gasteiger partial charge in [-0.15, -0.1) is 0 Å². The predicted octanol–water partition coefficient (Wildman–Crippen LogP) is 4.56. The number of hydrogen-bond donors (Lipinski definition) is 1. The highest BCUT2D eigenvalue weighted by Gasteiger charge is 2.31. The lowest BCUT2D eigenvalue weighted by Gasteiger charge is -2.37. The fourth-order valence-corrected chi connectivity index (χ4v) is 5.63. The highest BCUT2D eigenvalue weighted by Crippen LogP contribution is 2.40. The summed E-state index contributed by atoms with van der Waals surface area (Å²) >= 11 is 0. The molecule has 0 aromatic heterocycles. The lowest BCUT2D eigenvalue weighted by Crippen LogP contribution is -2.44. The summed E-state index contributed by atoms with van der Waals surface area (Å²) in [5.41, 5.74) is 3.53. The van der Waals surface area contributed by atoms with Gasteiger partial charge in [-0.25, -0.2) is 0 Å². The van der Waals surface area contributed by atoms with Gasteiger partial charge >= 0.3 is 0 Å². The van der Waals surface area contributed by atoms with Crippen LogP contribution in [-0.2, 0) is 17.6 Å². The van der Waals surface area contributed by atoms with Crippen LogP contribution >= 0.6 is 0 Å². The number of methoxy groups -OCH3 is 4. The van der Waals surface area contributed by atoms with Crippen LogP contribution in [0.15, 0.2) is 30.3 Å². The van der Waals surface area contributed by atoms with E-state index < -0.39 is 0 Å². The Labute approximate surface area is 215 Å². The van der Waals surface area contributed by atoms with Gasteiger partial charge in [-0.05, 0) is 72.6 Å². The van der Waals surface area contributed by atoms with Gasteiger partial charge < -0.3 is 24.3 Å². The lowest BCUT2D eigenvalue weighted by atomic mass is 9.88. The fraction of sp³-hybridized carbons (Fsp3) is 0.552. The molecule has 1 N–H and O–H groups in total. The van der Waals surface area contributed by atoms with E-state index in [0.717, 1.165) is 37.2 Å². The van der Waals surface area contributed by atoms with Crippen LogP contribution in [0.5, 0.6) is 23.0 Å². The van der Waals surface area contributed by atoms with Gasteiger partial charge in [0.2, 0.25) is 5.91 Å². The highest BCUT2D eigenvalue weighted by atomic mass is 16.5. The summed E-state index contributed by atoms with van der Waals surface area (Å²) in [6.07, 6.45) is 7.92. The molecular weight excluding hydrogens is 456 g/mol. The molecule has 1 aliphatic carbocycles. The molecule has 0 unspecified atom stereocenters. The van der Waals surface area contributed by atoms with Gasteiger partial charge in [0.1, 0.15) is 0 Å². The van der Waals surface area contributed by atoms with Gasteiger partial charge in [0.05, 0.1) is 35.0 Å². The Hall–Kier alpha value is -2.93. The molecule has 1 fully saturated rings. The summed E-state index contributed by atoms with van der Waals surface area (Å²) < 4.78 is 22.2.